The molecule has 0 bridgehead atoms. The third-order valence-corrected chi connectivity index (χ3v) is 4.85. The van der Waals surface area contributed by atoms with Gasteiger partial charge in [0.2, 0.25) is 0 Å². The van der Waals surface area contributed by atoms with Gasteiger partial charge in [-0.05, 0) is 53.0 Å². The fourth-order valence-corrected chi connectivity index (χ4v) is 3.43. The first kappa shape index (κ1) is 14.6. The van der Waals surface area contributed by atoms with Gasteiger partial charge in [0.05, 0.1) is 5.69 Å². The van der Waals surface area contributed by atoms with Crippen molar-refractivity contribution < 1.29 is 0 Å². The van der Waals surface area contributed by atoms with E-state index in [1.165, 1.54) is 21.3 Å². The predicted molar refractivity (Wildman–Crippen MR) is 92.9 cm³/mol. The molecule has 3 rings (SSSR count). The third-order valence-electron chi connectivity index (χ3n) is 4.18. The lowest BCUT2D eigenvalue weighted by Crippen LogP contribution is -2.51. The molecule has 1 saturated heterocycles. The SMILES string of the molecule is Cc1ccc(Br)c(N2CC(c3ccccc3)NCC2C)c1. The standard InChI is InChI=1S/C18H21BrN2/c1-13-8-9-16(19)18(10-13)21-12-17(20-11-14(21)2)15-6-4-3-5-7-15/h3-10,14,17,20H,11-12H2,1-2H3. The van der Waals surface area contributed by atoms with E-state index in [1.807, 2.05) is 0 Å². The summed E-state index contributed by atoms with van der Waals surface area (Å²) in [5.41, 5.74) is 3.96. The molecule has 0 radical (unpaired) electrons. The second-order valence-corrected chi connectivity index (χ2v) is 6.68. The van der Waals surface area contributed by atoms with Crippen molar-refractivity contribution in [3.63, 3.8) is 0 Å². The fourth-order valence-electron chi connectivity index (χ4n) is 2.95. The molecule has 0 aromatic heterocycles. The Balaban J connectivity index is 1.89. The van der Waals surface area contributed by atoms with Crippen molar-refractivity contribution >= 4 is 21.6 Å². The van der Waals surface area contributed by atoms with Crippen LogP contribution in [0.3, 0.4) is 0 Å². The number of anilines is 1. The minimum atomic E-state index is 0.384. The molecule has 2 nitrogen and oxygen atoms in total. The fraction of sp³-hybridized carbons (Fsp3) is 0.333. The number of aryl methyl sites for hydroxylation is 1. The van der Waals surface area contributed by atoms with Gasteiger partial charge in [0.1, 0.15) is 0 Å². The van der Waals surface area contributed by atoms with Crippen LogP contribution in [0.5, 0.6) is 0 Å². The van der Waals surface area contributed by atoms with Gasteiger partial charge in [0, 0.05) is 29.6 Å². The van der Waals surface area contributed by atoms with E-state index in [-0.39, 0.29) is 0 Å². The molecule has 3 heteroatoms. The summed E-state index contributed by atoms with van der Waals surface area (Å²) in [5.74, 6) is 0. The van der Waals surface area contributed by atoms with E-state index in [0.29, 0.717) is 12.1 Å². The third kappa shape index (κ3) is 3.14. The van der Waals surface area contributed by atoms with Crippen LogP contribution in [0.2, 0.25) is 0 Å². The molecular weight excluding hydrogens is 324 g/mol. The molecular formula is C18H21BrN2. The first-order chi connectivity index (χ1) is 10.1. The smallest absolute Gasteiger partial charge is 0.0516 e. The van der Waals surface area contributed by atoms with Crippen molar-refractivity contribution in [3.05, 3.63) is 64.1 Å². The van der Waals surface area contributed by atoms with Gasteiger partial charge >= 0.3 is 0 Å². The Labute approximate surface area is 135 Å². The number of nitrogens with zero attached hydrogens (tertiary/aromatic N) is 1. The molecule has 2 atom stereocenters. The van der Waals surface area contributed by atoms with Gasteiger partial charge in [-0.3, -0.25) is 0 Å². The Bertz CT molecular complexity index is 612. The summed E-state index contributed by atoms with van der Waals surface area (Å²) in [6, 6.07) is 18.2. The van der Waals surface area contributed by atoms with E-state index in [0.717, 1.165) is 13.1 Å². The lowest BCUT2D eigenvalue weighted by Gasteiger charge is -2.41. The zero-order valence-electron chi connectivity index (χ0n) is 12.5. The largest absolute Gasteiger partial charge is 0.365 e. The van der Waals surface area contributed by atoms with Gasteiger partial charge in [-0.25, -0.2) is 0 Å². The van der Waals surface area contributed by atoms with Crippen LogP contribution in [0.4, 0.5) is 5.69 Å². The van der Waals surface area contributed by atoms with Gasteiger partial charge in [0.15, 0.2) is 0 Å². The predicted octanol–water partition coefficient (Wildman–Crippen LogP) is 4.30. The van der Waals surface area contributed by atoms with Crippen LogP contribution in [0.15, 0.2) is 53.0 Å². The summed E-state index contributed by atoms with van der Waals surface area (Å²) in [7, 11) is 0. The highest BCUT2D eigenvalue weighted by Gasteiger charge is 2.27. The Hall–Kier alpha value is -1.32. The van der Waals surface area contributed by atoms with Gasteiger partial charge in [0.25, 0.3) is 0 Å². The molecule has 0 aliphatic carbocycles. The number of halogens is 1. The minimum absolute atomic E-state index is 0.384. The summed E-state index contributed by atoms with van der Waals surface area (Å²) in [4.78, 5) is 2.51. The summed E-state index contributed by atoms with van der Waals surface area (Å²) in [6.45, 7) is 6.42. The highest BCUT2D eigenvalue weighted by atomic mass is 79.9. The van der Waals surface area contributed by atoms with Crippen LogP contribution in [0.25, 0.3) is 0 Å². The Kier molecular flexibility index (Phi) is 4.32. The first-order valence-corrected chi connectivity index (χ1v) is 8.25. The summed E-state index contributed by atoms with van der Waals surface area (Å²) in [6.07, 6.45) is 0. The lowest BCUT2D eigenvalue weighted by atomic mass is 10.0. The second-order valence-electron chi connectivity index (χ2n) is 5.83. The topological polar surface area (TPSA) is 15.3 Å². The van der Waals surface area contributed by atoms with Crippen molar-refractivity contribution in [2.45, 2.75) is 25.9 Å². The van der Waals surface area contributed by atoms with E-state index >= 15 is 0 Å². The minimum Gasteiger partial charge on any atom is -0.365 e. The number of hydrogen-bond acceptors (Lipinski definition) is 2. The number of rotatable bonds is 2. The van der Waals surface area contributed by atoms with Crippen molar-refractivity contribution in [3.8, 4) is 0 Å². The van der Waals surface area contributed by atoms with Crippen LogP contribution in [0.1, 0.15) is 24.1 Å². The lowest BCUT2D eigenvalue weighted by molar-refractivity contribution is 0.414. The molecule has 2 aromatic rings. The van der Waals surface area contributed by atoms with Crippen molar-refractivity contribution in [1.29, 1.82) is 0 Å². The number of nitrogens with one attached hydrogen (secondary N) is 1. The van der Waals surface area contributed by atoms with Crippen molar-refractivity contribution in [2.24, 2.45) is 0 Å². The molecule has 21 heavy (non-hydrogen) atoms. The molecule has 1 aliphatic rings. The average molecular weight is 345 g/mol. The maximum absolute atomic E-state index is 3.71. The maximum atomic E-state index is 3.71. The van der Waals surface area contributed by atoms with Crippen molar-refractivity contribution in [2.75, 3.05) is 18.0 Å². The quantitative estimate of drug-likeness (QED) is 0.873. The highest BCUT2D eigenvalue weighted by molar-refractivity contribution is 9.10. The number of hydrogen-bond donors (Lipinski definition) is 1. The van der Waals surface area contributed by atoms with Gasteiger partial charge in [-0.1, -0.05) is 36.4 Å². The highest BCUT2D eigenvalue weighted by Crippen LogP contribution is 2.32. The van der Waals surface area contributed by atoms with Gasteiger partial charge in [-0.2, -0.15) is 0 Å². The molecule has 1 N–H and O–H groups in total. The van der Waals surface area contributed by atoms with Crippen LogP contribution in [0, 0.1) is 6.92 Å². The summed E-state index contributed by atoms with van der Waals surface area (Å²) >= 11 is 3.71. The Morgan fingerprint density at radius 2 is 1.90 bits per heavy atom. The van der Waals surface area contributed by atoms with E-state index in [9.17, 15) is 0 Å². The Morgan fingerprint density at radius 3 is 2.67 bits per heavy atom. The van der Waals surface area contributed by atoms with E-state index in [4.69, 9.17) is 0 Å². The summed E-state index contributed by atoms with van der Waals surface area (Å²) in [5, 5.41) is 3.66. The monoisotopic (exact) mass is 344 g/mol. The van der Waals surface area contributed by atoms with E-state index < -0.39 is 0 Å². The van der Waals surface area contributed by atoms with Gasteiger partial charge < -0.3 is 10.2 Å². The van der Waals surface area contributed by atoms with Gasteiger partial charge in [-0.15, -0.1) is 0 Å². The molecule has 2 unspecified atom stereocenters. The summed E-state index contributed by atoms with van der Waals surface area (Å²) < 4.78 is 1.17. The zero-order chi connectivity index (χ0) is 14.8. The molecule has 0 amide bonds. The van der Waals surface area contributed by atoms with E-state index in [1.54, 1.807) is 0 Å². The van der Waals surface area contributed by atoms with Crippen LogP contribution >= 0.6 is 15.9 Å². The number of benzene rings is 2. The van der Waals surface area contributed by atoms with E-state index in [2.05, 4.69) is 88.5 Å². The normalized spacial score (nSPS) is 22.3. The van der Waals surface area contributed by atoms with Crippen LogP contribution in [-0.4, -0.2) is 19.1 Å². The molecule has 0 spiro atoms. The molecule has 1 heterocycles. The Morgan fingerprint density at radius 1 is 1.14 bits per heavy atom. The molecule has 110 valence electrons. The number of piperazine rings is 1. The van der Waals surface area contributed by atoms with Crippen LogP contribution < -0.4 is 10.2 Å². The first-order valence-electron chi connectivity index (χ1n) is 7.46. The molecule has 0 saturated carbocycles. The zero-order valence-corrected chi connectivity index (χ0v) is 14.1. The van der Waals surface area contributed by atoms with Crippen LogP contribution in [-0.2, 0) is 0 Å². The maximum Gasteiger partial charge on any atom is 0.0516 e. The van der Waals surface area contributed by atoms with Crippen molar-refractivity contribution in [1.82, 2.24) is 5.32 Å². The molecule has 1 fully saturated rings. The average Bonchev–Trinajstić information content (AvgIpc) is 2.51. The second kappa shape index (κ2) is 6.20. The molecule has 2 aromatic carbocycles. The molecule has 1 aliphatic heterocycles.